The number of allylic oxidation sites excluding steroid dienone is 8. The van der Waals surface area contributed by atoms with Crippen molar-refractivity contribution in [2.45, 2.75) is 482 Å². The quantitative estimate of drug-likeness (QED) is 0.0320. The molecule has 93 heavy (non-hydrogen) atoms. The van der Waals surface area contributed by atoms with E-state index in [2.05, 4.69) is 67.8 Å². The summed E-state index contributed by atoms with van der Waals surface area (Å²) < 4.78 is 5.48. The molecule has 0 rings (SSSR count). The summed E-state index contributed by atoms with van der Waals surface area (Å²) in [6, 6.07) is -0.541. The van der Waals surface area contributed by atoms with Gasteiger partial charge in [0, 0.05) is 12.8 Å². The molecular formula is C87H165NO5. The zero-order valence-electron chi connectivity index (χ0n) is 63.0. The van der Waals surface area contributed by atoms with Crippen molar-refractivity contribution < 1.29 is 24.5 Å². The fourth-order valence-electron chi connectivity index (χ4n) is 13.4. The number of rotatable bonds is 80. The number of aliphatic hydroxyl groups excluding tert-OH is 2. The second kappa shape index (κ2) is 82.2. The Morgan fingerprint density at radius 2 is 0.559 bits per heavy atom. The molecule has 6 nitrogen and oxygen atoms in total. The average Bonchev–Trinajstić information content (AvgIpc) is 3.78. The van der Waals surface area contributed by atoms with Gasteiger partial charge in [0.1, 0.15) is 0 Å². The third-order valence-electron chi connectivity index (χ3n) is 19.8. The van der Waals surface area contributed by atoms with Gasteiger partial charge < -0.3 is 20.3 Å². The molecule has 2 unspecified atom stereocenters. The van der Waals surface area contributed by atoms with Crippen molar-refractivity contribution in [1.29, 1.82) is 0 Å². The van der Waals surface area contributed by atoms with Crippen molar-refractivity contribution in [3.8, 4) is 0 Å². The summed E-state index contributed by atoms with van der Waals surface area (Å²) in [6.45, 7) is 4.93. The molecule has 0 spiro atoms. The van der Waals surface area contributed by atoms with E-state index < -0.39 is 12.1 Å². The molecule has 0 aromatic heterocycles. The Hall–Kier alpha value is -2.18. The van der Waals surface area contributed by atoms with Gasteiger partial charge >= 0.3 is 5.97 Å². The molecule has 1 amide bonds. The lowest BCUT2D eigenvalue weighted by molar-refractivity contribution is -0.143. The van der Waals surface area contributed by atoms with Crippen LogP contribution in [-0.2, 0) is 14.3 Å². The molecule has 6 heteroatoms. The summed E-state index contributed by atoms with van der Waals surface area (Å²) in [7, 11) is 0. The van der Waals surface area contributed by atoms with Gasteiger partial charge in [0.25, 0.3) is 0 Å². The first kappa shape index (κ1) is 90.8. The van der Waals surface area contributed by atoms with Gasteiger partial charge in [0.05, 0.1) is 25.4 Å². The molecular weight excluding hydrogens is 1140 g/mol. The van der Waals surface area contributed by atoms with Gasteiger partial charge in [-0.05, 0) is 83.5 Å². The summed E-state index contributed by atoms with van der Waals surface area (Å²) in [5, 5.41) is 23.5. The number of carbonyl (C=O) groups is 2. The van der Waals surface area contributed by atoms with Crippen molar-refractivity contribution in [3.63, 3.8) is 0 Å². The fourth-order valence-corrected chi connectivity index (χ4v) is 13.4. The maximum atomic E-state index is 12.6. The highest BCUT2D eigenvalue weighted by Gasteiger charge is 2.20. The number of unbranched alkanes of at least 4 members (excludes halogenated alkanes) is 61. The smallest absolute Gasteiger partial charge is 0.305 e. The highest BCUT2D eigenvalue weighted by Crippen LogP contribution is 2.20. The van der Waals surface area contributed by atoms with Crippen molar-refractivity contribution >= 4 is 11.9 Å². The second-order valence-corrected chi connectivity index (χ2v) is 29.2. The fraction of sp³-hybridized carbons (Fsp3) is 0.885. The predicted octanol–water partition coefficient (Wildman–Crippen LogP) is 28.3. The minimum atomic E-state index is -0.664. The molecule has 0 aliphatic rings. The van der Waals surface area contributed by atoms with Crippen LogP contribution in [0.15, 0.2) is 48.6 Å². The number of esters is 1. The van der Waals surface area contributed by atoms with Crippen LogP contribution in [0.25, 0.3) is 0 Å². The van der Waals surface area contributed by atoms with Gasteiger partial charge in [-0.25, -0.2) is 0 Å². The maximum Gasteiger partial charge on any atom is 0.305 e. The molecule has 0 aromatic carbocycles. The second-order valence-electron chi connectivity index (χ2n) is 29.2. The zero-order valence-corrected chi connectivity index (χ0v) is 63.0. The van der Waals surface area contributed by atoms with Crippen LogP contribution in [0, 0.1) is 0 Å². The van der Waals surface area contributed by atoms with E-state index in [0.29, 0.717) is 25.9 Å². The standard InChI is InChI=1S/C87H165NO5/c1-3-5-7-9-11-13-15-17-18-19-20-21-22-40-43-46-49-52-56-59-63-67-71-75-79-85(90)84(83-89)88-86(91)80-76-72-68-64-60-57-53-50-47-44-41-38-36-34-32-30-28-26-24-23-25-27-29-31-33-35-37-39-42-45-48-51-54-58-62-66-70-74-78-82-93-87(92)81-77-73-69-65-61-55-16-14-12-10-8-6-4-2/h8,10,14,16,23-24,27,29,84-85,89-90H,3-7,9,11-13,15,17-22,25-26,28,30-83H2,1-2H3,(H,88,91)/b10-8-,16-14-,24-23-,29-27-. The molecule has 0 aromatic rings. The molecule has 0 saturated heterocycles. The Kier molecular flexibility index (Phi) is 80.3. The minimum absolute atomic E-state index is 0.00535. The largest absolute Gasteiger partial charge is 0.466 e. The third kappa shape index (κ3) is 78.7. The lowest BCUT2D eigenvalue weighted by Crippen LogP contribution is -2.45. The van der Waals surface area contributed by atoms with Gasteiger partial charge in [-0.15, -0.1) is 0 Å². The third-order valence-corrected chi connectivity index (χ3v) is 19.8. The maximum absolute atomic E-state index is 12.6. The minimum Gasteiger partial charge on any atom is -0.466 e. The monoisotopic (exact) mass is 1300 g/mol. The van der Waals surface area contributed by atoms with Crippen LogP contribution in [0.1, 0.15) is 470 Å². The SMILES string of the molecule is CCC/C=C\C/C=C\CCCCCCCC(=O)OCCCCCCCCCCCCCCCCC/C=C\C/C=C\CCCCCCCCCCCCCCCCCCCC(=O)NC(CO)C(O)CCCCCCCCCCCCCCCCCCCCCCCCCC. The Balaban J connectivity index is 3.36. The normalized spacial score (nSPS) is 12.7. The number of ether oxygens (including phenoxy) is 1. The van der Waals surface area contributed by atoms with E-state index in [1.54, 1.807) is 0 Å². The molecule has 0 saturated carbocycles. The molecule has 0 aliphatic carbocycles. The van der Waals surface area contributed by atoms with Crippen molar-refractivity contribution in [3.05, 3.63) is 48.6 Å². The molecule has 0 fully saturated rings. The molecule has 0 aliphatic heterocycles. The molecule has 0 radical (unpaired) electrons. The van der Waals surface area contributed by atoms with E-state index in [1.807, 2.05) is 0 Å². The first-order valence-electron chi connectivity index (χ1n) is 42.4. The number of hydrogen-bond donors (Lipinski definition) is 3. The highest BCUT2D eigenvalue weighted by molar-refractivity contribution is 5.76. The van der Waals surface area contributed by atoms with Gasteiger partial charge in [-0.1, -0.05) is 422 Å². The van der Waals surface area contributed by atoms with E-state index in [1.165, 1.54) is 379 Å². The van der Waals surface area contributed by atoms with Gasteiger partial charge in [0.15, 0.2) is 0 Å². The van der Waals surface area contributed by atoms with Gasteiger partial charge in [-0.2, -0.15) is 0 Å². The van der Waals surface area contributed by atoms with Crippen LogP contribution >= 0.6 is 0 Å². The van der Waals surface area contributed by atoms with Gasteiger partial charge in [-0.3, -0.25) is 9.59 Å². The molecule has 2 atom stereocenters. The van der Waals surface area contributed by atoms with E-state index in [0.717, 1.165) is 57.8 Å². The van der Waals surface area contributed by atoms with Gasteiger partial charge in [0.2, 0.25) is 5.91 Å². The summed E-state index contributed by atoms with van der Waals surface area (Å²) in [4.78, 5) is 24.6. The summed E-state index contributed by atoms with van der Waals surface area (Å²) in [6.07, 6.45) is 110. The van der Waals surface area contributed by atoms with Crippen molar-refractivity contribution in [2.75, 3.05) is 13.2 Å². The number of aliphatic hydroxyl groups is 2. The summed E-state index contributed by atoms with van der Waals surface area (Å²) in [5.74, 6) is -0.0209. The number of hydrogen-bond acceptors (Lipinski definition) is 5. The van der Waals surface area contributed by atoms with Crippen LogP contribution in [-0.4, -0.2) is 47.4 Å². The van der Waals surface area contributed by atoms with Crippen LogP contribution in [0.2, 0.25) is 0 Å². The number of carbonyl (C=O) groups excluding carboxylic acids is 2. The van der Waals surface area contributed by atoms with Crippen molar-refractivity contribution in [2.24, 2.45) is 0 Å². The van der Waals surface area contributed by atoms with Crippen LogP contribution < -0.4 is 5.32 Å². The predicted molar refractivity (Wildman–Crippen MR) is 412 cm³/mol. The Morgan fingerprint density at radius 3 is 0.860 bits per heavy atom. The molecule has 3 N–H and O–H groups in total. The van der Waals surface area contributed by atoms with Crippen LogP contribution in [0.5, 0.6) is 0 Å². The molecule has 0 bridgehead atoms. The average molecular weight is 1310 g/mol. The van der Waals surface area contributed by atoms with Crippen LogP contribution in [0.4, 0.5) is 0 Å². The summed E-state index contributed by atoms with van der Waals surface area (Å²) in [5.41, 5.74) is 0. The number of nitrogens with one attached hydrogen (secondary N) is 1. The zero-order chi connectivity index (χ0) is 67.0. The lowest BCUT2D eigenvalue weighted by atomic mass is 10.0. The van der Waals surface area contributed by atoms with Crippen LogP contribution in [0.3, 0.4) is 0 Å². The lowest BCUT2D eigenvalue weighted by Gasteiger charge is -2.22. The van der Waals surface area contributed by atoms with E-state index >= 15 is 0 Å². The Bertz CT molecular complexity index is 1550. The first-order valence-corrected chi connectivity index (χ1v) is 42.4. The Morgan fingerprint density at radius 1 is 0.301 bits per heavy atom. The molecule has 0 heterocycles. The first-order chi connectivity index (χ1) is 46.0. The van der Waals surface area contributed by atoms with E-state index in [4.69, 9.17) is 4.74 Å². The molecule has 548 valence electrons. The summed E-state index contributed by atoms with van der Waals surface area (Å²) >= 11 is 0. The Labute approximate surface area is 582 Å². The van der Waals surface area contributed by atoms with E-state index in [-0.39, 0.29) is 18.5 Å². The van der Waals surface area contributed by atoms with E-state index in [9.17, 15) is 19.8 Å². The van der Waals surface area contributed by atoms with Crippen molar-refractivity contribution in [1.82, 2.24) is 5.32 Å². The topological polar surface area (TPSA) is 95.9 Å². The highest BCUT2D eigenvalue weighted by atomic mass is 16.5. The number of amides is 1.